The Morgan fingerprint density at radius 3 is 1.39 bits per heavy atom. The van der Waals surface area contributed by atoms with Gasteiger partial charge in [-0.05, 0) is 106 Å². The van der Waals surface area contributed by atoms with Gasteiger partial charge in [0.1, 0.15) is 146 Å². The minimum Gasteiger partial charge on any atom is -0.394 e. The molecule has 33 nitrogen and oxygen atoms in total. The first-order chi connectivity index (χ1) is 46.9. The summed E-state index contributed by atoms with van der Waals surface area (Å²) < 4.78 is 65.6. The summed E-state index contributed by atoms with van der Waals surface area (Å²) in [5, 5.41) is 240. The second-order valence-corrected chi connectivity index (χ2v) is 32.0. The van der Waals surface area contributed by atoms with Crippen molar-refractivity contribution >= 4 is 0 Å². The molecule has 0 aromatic heterocycles. The maximum absolute atomic E-state index is 13.0. The topological polar surface area (TPSA) is 547 Å². The van der Waals surface area contributed by atoms with Crippen molar-refractivity contribution in [2.24, 2.45) is 51.2 Å². The lowest BCUT2D eigenvalue weighted by Crippen LogP contribution is -2.67. The Labute approximate surface area is 580 Å². The average molecular weight is 1450 g/mol. The smallest absolute Gasteiger partial charge is 0.187 e. The van der Waals surface area contributed by atoms with Gasteiger partial charge in [0, 0.05) is 10.8 Å². The van der Waals surface area contributed by atoms with Crippen LogP contribution in [0.1, 0.15) is 113 Å². The van der Waals surface area contributed by atoms with Crippen LogP contribution in [0.4, 0.5) is 0 Å². The van der Waals surface area contributed by atoms with Crippen molar-refractivity contribution in [3.63, 3.8) is 0 Å². The molecule has 100 heavy (non-hydrogen) atoms. The maximum atomic E-state index is 13.0. The fourth-order valence-electron chi connectivity index (χ4n) is 19.0. The van der Waals surface area contributed by atoms with E-state index in [9.17, 15) is 112 Å². The number of ether oxygens (including phenoxy) is 11. The van der Waals surface area contributed by atoms with Crippen LogP contribution in [0.5, 0.6) is 0 Å². The van der Waals surface area contributed by atoms with E-state index in [0.29, 0.717) is 38.5 Å². The molecular weight excluding hydrogens is 1330 g/mol. The van der Waals surface area contributed by atoms with Crippen molar-refractivity contribution in [3.05, 3.63) is 11.6 Å². The number of allylic oxidation sites excluding steroid dienone is 1. The van der Waals surface area contributed by atoms with Gasteiger partial charge in [-0.15, -0.1) is 0 Å². The fraction of sp³-hybridized carbons (Fsp3) is 0.970. The first-order valence-corrected chi connectivity index (χ1v) is 35.4. The SMILES string of the molecule is C[C@@H](CC[C@H](C[C@H]1O[C@@H](CO[C@@H]2O[C@H](CO)[C@@H](O)[C@H](O)[C@H]2O)[C@H](O)[C@@H](O)[C@@H]1O[C@@H]1O[C@H](CO)[C@@H](O)[C@H](O)[C@H]1O[C@H]1O[C@@H](CO)[C@H](O)[C@@H](O)[C@@H]1O)C(C)(C)O)C1CC[C@]2(C)C3CC=C4C(CC[C@@H](O[C@H]5O[C@@H](CO[C@H]6O[C@@H](CO)[C@H](O)[C@@H](O)[C@@H]6O)[C@H](O)[C@@H](O)[C@@H]5O)C4(C)C)[C@@]3(C)[C@@H](O)C[C@@]12C. The second-order valence-electron chi connectivity index (χ2n) is 32.0. The minimum absolute atomic E-state index is 0.00820. The van der Waals surface area contributed by atoms with E-state index in [0.717, 1.165) is 18.4 Å². The van der Waals surface area contributed by atoms with E-state index in [1.54, 1.807) is 13.8 Å². The number of hydrogen-bond donors (Lipinski definition) is 22. The van der Waals surface area contributed by atoms with Crippen LogP contribution in [0, 0.1) is 51.2 Å². The first kappa shape index (κ1) is 80.9. The lowest BCUT2D eigenvalue weighted by molar-refractivity contribution is -0.383. The highest BCUT2D eigenvalue weighted by Gasteiger charge is 2.71. The molecule has 6 aliphatic heterocycles. The third-order valence-electron chi connectivity index (χ3n) is 25.6. The number of fused-ring (bicyclic) bond motifs is 5. The van der Waals surface area contributed by atoms with E-state index >= 15 is 0 Å². The lowest BCUT2D eigenvalue weighted by Gasteiger charge is -2.67. The van der Waals surface area contributed by atoms with Gasteiger partial charge in [-0.3, -0.25) is 0 Å². The summed E-state index contributed by atoms with van der Waals surface area (Å²) in [5.41, 5.74) is -2.47. The van der Waals surface area contributed by atoms with Crippen LogP contribution >= 0.6 is 0 Å². The average Bonchev–Trinajstić information content (AvgIpc) is 1.25. The Bertz CT molecular complexity index is 2670. The quantitative estimate of drug-likeness (QED) is 0.0423. The van der Waals surface area contributed by atoms with E-state index in [2.05, 4.69) is 33.8 Å². The van der Waals surface area contributed by atoms with Gasteiger partial charge in [0.25, 0.3) is 0 Å². The van der Waals surface area contributed by atoms with Crippen molar-refractivity contribution in [2.45, 2.75) is 315 Å². The molecule has 0 aromatic carbocycles. The second kappa shape index (κ2) is 31.6. The molecule has 6 heterocycles. The van der Waals surface area contributed by atoms with Gasteiger partial charge in [-0.25, -0.2) is 0 Å². The molecule has 10 aliphatic rings. The van der Waals surface area contributed by atoms with Crippen molar-refractivity contribution in [2.75, 3.05) is 39.6 Å². The zero-order valence-corrected chi connectivity index (χ0v) is 57.9. The summed E-state index contributed by atoms with van der Waals surface area (Å²) in [6.07, 6.45) is -46.1. The van der Waals surface area contributed by atoms with E-state index in [1.807, 2.05) is 13.8 Å². The molecule has 6 saturated heterocycles. The Hall–Kier alpha value is -1.58. The van der Waals surface area contributed by atoms with Gasteiger partial charge in [0.2, 0.25) is 0 Å². The van der Waals surface area contributed by atoms with E-state index < -0.39 is 264 Å². The van der Waals surface area contributed by atoms with E-state index in [1.165, 1.54) is 0 Å². The number of aliphatic hydroxyl groups excluding tert-OH is 21. The van der Waals surface area contributed by atoms with Crippen molar-refractivity contribution in [1.82, 2.24) is 0 Å². The molecule has 0 bridgehead atoms. The van der Waals surface area contributed by atoms with Crippen molar-refractivity contribution < 1.29 is 164 Å². The summed E-state index contributed by atoms with van der Waals surface area (Å²) in [6.45, 7) is 11.8. The zero-order chi connectivity index (χ0) is 73.5. The molecule has 3 saturated carbocycles. The molecule has 9 fully saturated rings. The Morgan fingerprint density at radius 2 is 0.880 bits per heavy atom. The third kappa shape index (κ3) is 14.8. The van der Waals surface area contributed by atoms with Crippen LogP contribution in [-0.2, 0) is 52.1 Å². The van der Waals surface area contributed by atoms with Crippen LogP contribution in [0.2, 0.25) is 0 Å². The molecule has 580 valence electrons. The molecule has 4 aliphatic carbocycles. The van der Waals surface area contributed by atoms with Crippen LogP contribution in [-0.4, -0.2) is 354 Å². The molecule has 33 heteroatoms. The molecular formula is C67H114O33. The first-order valence-electron chi connectivity index (χ1n) is 35.4. The highest BCUT2D eigenvalue weighted by Crippen LogP contribution is 2.75. The maximum Gasteiger partial charge on any atom is 0.187 e. The van der Waals surface area contributed by atoms with Crippen molar-refractivity contribution in [1.29, 1.82) is 0 Å². The molecule has 22 N–H and O–H groups in total. The molecule has 0 amide bonds. The standard InChI is InChI=1S/C67H114O33/c1-25(27-15-16-65(6)37-13-11-28-29(67(37,8)38(72)18-66(27,65)7)12-14-39(63(28,2)3)98-60-54(87)49(82)44(77)36(97-60)24-91-59-53(86)47(80)41(74)32(20-69)94-59)9-10-26(64(4,5)89)17-30-56(50(83)45(78)35(92-30)23-90-58-52(85)46(79)40(73)31(19-68)93-58)99-62-57(51(84)43(76)34(22-71)96-62)100-61-55(88)48(81)42(75)33(21-70)95-61/h11,25-27,29-62,68-89H,9-10,12-24H2,1-8H3/t25-,26+,27?,29?,30+,31+,32-,33-,34+,35-,36-,37?,38-,39+,40+,41-,42-,43+,44-,45-,46-,47+,48+,49+,50+,51-,52+,53-,54-,55-,56+,57+,58+,59-,60+,61+,62-,65+,66-,67+/m0/s1. The van der Waals surface area contributed by atoms with Crippen LogP contribution in [0.3, 0.4) is 0 Å². The Morgan fingerprint density at radius 1 is 0.460 bits per heavy atom. The Balaban J connectivity index is 0.851. The van der Waals surface area contributed by atoms with Gasteiger partial charge < -0.3 is 164 Å². The zero-order valence-electron chi connectivity index (χ0n) is 57.9. The van der Waals surface area contributed by atoms with Crippen LogP contribution in [0.25, 0.3) is 0 Å². The molecule has 0 spiro atoms. The van der Waals surface area contributed by atoms with Gasteiger partial charge in [-0.1, -0.05) is 59.6 Å². The highest BCUT2D eigenvalue weighted by atomic mass is 16.8. The molecule has 40 atom stereocenters. The van der Waals surface area contributed by atoms with Gasteiger partial charge >= 0.3 is 0 Å². The largest absolute Gasteiger partial charge is 0.394 e. The van der Waals surface area contributed by atoms with Crippen LogP contribution in [0.15, 0.2) is 11.6 Å². The number of aliphatic hydroxyl groups is 22. The van der Waals surface area contributed by atoms with E-state index in [-0.39, 0.29) is 35.5 Å². The normalized spacial score (nSPS) is 52.1. The third-order valence-corrected chi connectivity index (χ3v) is 25.6. The molecule has 3 unspecified atom stereocenters. The summed E-state index contributed by atoms with van der Waals surface area (Å²) in [5.74, 6) is -0.787. The fourth-order valence-corrected chi connectivity index (χ4v) is 19.0. The molecule has 0 aromatic rings. The Kier molecular flexibility index (Phi) is 25.5. The van der Waals surface area contributed by atoms with Gasteiger partial charge in [-0.2, -0.15) is 0 Å². The minimum atomic E-state index is -2.03. The summed E-state index contributed by atoms with van der Waals surface area (Å²) in [7, 11) is 0. The monoisotopic (exact) mass is 1450 g/mol. The van der Waals surface area contributed by atoms with Crippen LogP contribution < -0.4 is 0 Å². The van der Waals surface area contributed by atoms with Crippen molar-refractivity contribution in [3.8, 4) is 0 Å². The lowest BCUT2D eigenvalue weighted by atomic mass is 9.38. The molecule has 10 rings (SSSR count). The van der Waals surface area contributed by atoms with Gasteiger partial charge in [0.15, 0.2) is 31.5 Å². The van der Waals surface area contributed by atoms with Gasteiger partial charge in [0.05, 0.1) is 63.6 Å². The number of rotatable bonds is 23. The van der Waals surface area contributed by atoms with E-state index in [4.69, 9.17) is 52.1 Å². The number of hydrogen-bond acceptors (Lipinski definition) is 33. The molecule has 0 radical (unpaired) electrons. The highest BCUT2D eigenvalue weighted by molar-refractivity contribution is 5.32. The summed E-state index contributed by atoms with van der Waals surface area (Å²) >= 11 is 0. The predicted molar refractivity (Wildman–Crippen MR) is 336 cm³/mol. The summed E-state index contributed by atoms with van der Waals surface area (Å²) in [4.78, 5) is 0. The summed E-state index contributed by atoms with van der Waals surface area (Å²) in [6, 6.07) is 0. The predicted octanol–water partition coefficient (Wildman–Crippen LogP) is -6.92.